The average molecular weight is 309 g/mol. The van der Waals surface area contributed by atoms with Crippen LogP contribution in [0.15, 0.2) is 36.8 Å². The minimum absolute atomic E-state index is 0.378. The molecule has 0 radical (unpaired) electrons. The third kappa shape index (κ3) is 2.41. The van der Waals surface area contributed by atoms with Gasteiger partial charge in [-0.2, -0.15) is 0 Å². The zero-order valence-electron chi connectivity index (χ0n) is 12.8. The van der Waals surface area contributed by atoms with Crippen molar-refractivity contribution in [2.75, 3.05) is 24.7 Å². The van der Waals surface area contributed by atoms with Crippen molar-refractivity contribution in [3.05, 3.63) is 36.8 Å². The quantitative estimate of drug-likeness (QED) is 0.710. The number of anilines is 2. The van der Waals surface area contributed by atoms with Gasteiger partial charge in [0.1, 0.15) is 17.8 Å². The summed E-state index contributed by atoms with van der Waals surface area (Å²) in [6.45, 7) is 1.56. The van der Waals surface area contributed by atoms with Gasteiger partial charge in [-0.05, 0) is 30.5 Å². The van der Waals surface area contributed by atoms with E-state index in [9.17, 15) is 0 Å². The van der Waals surface area contributed by atoms with Gasteiger partial charge in [-0.15, -0.1) is 0 Å². The van der Waals surface area contributed by atoms with Gasteiger partial charge in [0.15, 0.2) is 0 Å². The Morgan fingerprint density at radius 3 is 2.52 bits per heavy atom. The second-order valence-electron chi connectivity index (χ2n) is 5.87. The fraction of sp³-hybridized carbons (Fsp3) is 0.294. The van der Waals surface area contributed by atoms with Gasteiger partial charge >= 0.3 is 0 Å². The largest absolute Gasteiger partial charge is 0.399 e. The molecule has 3 aromatic rings. The van der Waals surface area contributed by atoms with Gasteiger partial charge in [0.2, 0.25) is 0 Å². The summed E-state index contributed by atoms with van der Waals surface area (Å²) in [6, 6.07) is 8.18. The van der Waals surface area contributed by atoms with E-state index in [1.54, 1.807) is 0 Å². The van der Waals surface area contributed by atoms with Crippen molar-refractivity contribution in [3.8, 4) is 11.1 Å². The SMILES string of the molecule is Nc1ccc(-c2cn(C3CCOCC3)c3ncnc(N)c23)cc1. The van der Waals surface area contributed by atoms with Crippen molar-refractivity contribution in [3.63, 3.8) is 0 Å². The van der Waals surface area contributed by atoms with Crippen molar-refractivity contribution in [2.45, 2.75) is 18.9 Å². The molecule has 118 valence electrons. The number of fused-ring (bicyclic) bond motifs is 1. The minimum atomic E-state index is 0.378. The van der Waals surface area contributed by atoms with Gasteiger partial charge in [0, 0.05) is 36.7 Å². The van der Waals surface area contributed by atoms with Crippen LogP contribution in [0.4, 0.5) is 11.5 Å². The van der Waals surface area contributed by atoms with E-state index in [0.717, 1.165) is 53.9 Å². The van der Waals surface area contributed by atoms with Crippen molar-refractivity contribution in [2.24, 2.45) is 0 Å². The van der Waals surface area contributed by atoms with Gasteiger partial charge in [0.05, 0.1) is 5.39 Å². The van der Waals surface area contributed by atoms with Crippen molar-refractivity contribution in [1.82, 2.24) is 14.5 Å². The van der Waals surface area contributed by atoms with Crippen LogP contribution in [0.3, 0.4) is 0 Å². The molecule has 2 aromatic heterocycles. The number of nitrogens with two attached hydrogens (primary N) is 2. The Bertz CT molecular complexity index is 834. The average Bonchev–Trinajstić information content (AvgIpc) is 2.97. The Morgan fingerprint density at radius 2 is 1.78 bits per heavy atom. The highest BCUT2D eigenvalue weighted by Crippen LogP contribution is 2.36. The van der Waals surface area contributed by atoms with E-state index in [2.05, 4.69) is 20.7 Å². The topological polar surface area (TPSA) is 92.0 Å². The van der Waals surface area contributed by atoms with Gasteiger partial charge in [-0.1, -0.05) is 12.1 Å². The molecule has 6 heteroatoms. The molecule has 6 nitrogen and oxygen atoms in total. The van der Waals surface area contributed by atoms with Crippen molar-refractivity contribution in [1.29, 1.82) is 0 Å². The Kier molecular flexibility index (Phi) is 3.38. The second-order valence-corrected chi connectivity index (χ2v) is 5.87. The molecule has 1 fully saturated rings. The maximum absolute atomic E-state index is 6.15. The van der Waals surface area contributed by atoms with Crippen LogP contribution < -0.4 is 11.5 Å². The van der Waals surface area contributed by atoms with Crippen LogP contribution in [0.2, 0.25) is 0 Å². The van der Waals surface area contributed by atoms with Crippen LogP contribution in [-0.4, -0.2) is 27.7 Å². The van der Waals surface area contributed by atoms with E-state index in [0.29, 0.717) is 11.9 Å². The number of rotatable bonds is 2. The Hall–Kier alpha value is -2.60. The van der Waals surface area contributed by atoms with Crippen LogP contribution in [-0.2, 0) is 4.74 Å². The van der Waals surface area contributed by atoms with E-state index < -0.39 is 0 Å². The molecule has 1 aliphatic heterocycles. The summed E-state index contributed by atoms with van der Waals surface area (Å²) in [5.41, 5.74) is 15.7. The minimum Gasteiger partial charge on any atom is -0.399 e. The fourth-order valence-corrected chi connectivity index (χ4v) is 3.23. The maximum Gasteiger partial charge on any atom is 0.146 e. The molecule has 4 N–H and O–H groups in total. The third-order valence-electron chi connectivity index (χ3n) is 4.44. The summed E-state index contributed by atoms with van der Waals surface area (Å²) < 4.78 is 7.70. The van der Waals surface area contributed by atoms with Gasteiger partial charge < -0.3 is 20.8 Å². The molecule has 23 heavy (non-hydrogen) atoms. The zero-order valence-corrected chi connectivity index (χ0v) is 12.8. The highest BCUT2D eigenvalue weighted by Gasteiger charge is 2.22. The molecule has 3 heterocycles. The van der Waals surface area contributed by atoms with E-state index in [1.807, 2.05) is 24.3 Å². The van der Waals surface area contributed by atoms with Crippen LogP contribution in [0, 0.1) is 0 Å². The predicted molar refractivity (Wildman–Crippen MR) is 90.9 cm³/mol. The lowest BCUT2D eigenvalue weighted by Crippen LogP contribution is -2.19. The number of nitrogen functional groups attached to an aromatic ring is 2. The molecule has 0 amide bonds. The summed E-state index contributed by atoms with van der Waals surface area (Å²) in [5, 5.41) is 0.906. The number of aromatic nitrogens is 3. The predicted octanol–water partition coefficient (Wildman–Crippen LogP) is 2.61. The molecule has 0 saturated carbocycles. The maximum atomic E-state index is 6.15. The van der Waals surface area contributed by atoms with E-state index in [1.165, 1.54) is 6.33 Å². The number of hydrogen-bond donors (Lipinski definition) is 2. The molecule has 0 unspecified atom stereocenters. The molecular formula is C17H19N5O. The standard InChI is InChI=1S/C17H19N5O/c18-12-3-1-11(2-4-12)14-9-22(13-5-7-23-8-6-13)17-15(14)16(19)20-10-21-17/h1-4,9-10,13H,5-8,18H2,(H2,19,20,21). The molecule has 1 saturated heterocycles. The lowest BCUT2D eigenvalue weighted by atomic mass is 10.1. The van der Waals surface area contributed by atoms with Crippen LogP contribution in [0.5, 0.6) is 0 Å². The molecule has 0 atom stereocenters. The zero-order chi connectivity index (χ0) is 15.8. The monoisotopic (exact) mass is 309 g/mol. The van der Waals surface area contributed by atoms with Crippen LogP contribution >= 0.6 is 0 Å². The summed E-state index contributed by atoms with van der Waals surface area (Å²) in [5.74, 6) is 0.507. The van der Waals surface area contributed by atoms with Crippen molar-refractivity contribution < 1.29 is 4.74 Å². The Labute approximate surface area is 134 Å². The second kappa shape index (κ2) is 5.55. The summed E-state index contributed by atoms with van der Waals surface area (Å²) >= 11 is 0. The number of hydrogen-bond acceptors (Lipinski definition) is 5. The first kappa shape index (κ1) is 14.0. The normalized spacial score (nSPS) is 16.0. The van der Waals surface area contributed by atoms with E-state index in [4.69, 9.17) is 16.2 Å². The lowest BCUT2D eigenvalue weighted by molar-refractivity contribution is 0.0706. The summed E-state index contributed by atoms with van der Waals surface area (Å²) in [4.78, 5) is 8.66. The lowest BCUT2D eigenvalue weighted by Gasteiger charge is -2.24. The highest BCUT2D eigenvalue weighted by atomic mass is 16.5. The highest BCUT2D eigenvalue weighted by molar-refractivity contribution is 6.00. The molecule has 0 bridgehead atoms. The first-order valence-corrected chi connectivity index (χ1v) is 7.78. The molecular weight excluding hydrogens is 290 g/mol. The van der Waals surface area contributed by atoms with Gasteiger partial charge in [0.25, 0.3) is 0 Å². The fourth-order valence-electron chi connectivity index (χ4n) is 3.23. The molecule has 1 aliphatic rings. The van der Waals surface area contributed by atoms with E-state index in [-0.39, 0.29) is 0 Å². The van der Waals surface area contributed by atoms with Gasteiger partial charge in [-0.3, -0.25) is 0 Å². The molecule has 4 rings (SSSR count). The summed E-state index contributed by atoms with van der Waals surface area (Å²) in [6.07, 6.45) is 5.63. The number of ether oxygens (including phenoxy) is 1. The first-order valence-electron chi connectivity index (χ1n) is 7.78. The van der Waals surface area contributed by atoms with Crippen molar-refractivity contribution >= 4 is 22.5 Å². The molecule has 0 aliphatic carbocycles. The van der Waals surface area contributed by atoms with Crippen LogP contribution in [0.1, 0.15) is 18.9 Å². The van der Waals surface area contributed by atoms with Gasteiger partial charge in [-0.25, -0.2) is 9.97 Å². The molecule has 0 spiro atoms. The van der Waals surface area contributed by atoms with E-state index >= 15 is 0 Å². The van der Waals surface area contributed by atoms with Crippen LogP contribution in [0.25, 0.3) is 22.2 Å². The molecule has 1 aromatic carbocycles. The Balaban J connectivity index is 1.91. The first-order chi connectivity index (χ1) is 11.2. The Morgan fingerprint density at radius 1 is 1.04 bits per heavy atom. The number of benzene rings is 1. The smallest absolute Gasteiger partial charge is 0.146 e. The number of nitrogens with zero attached hydrogens (tertiary/aromatic N) is 3. The summed E-state index contributed by atoms with van der Waals surface area (Å²) in [7, 11) is 0. The third-order valence-corrected chi connectivity index (χ3v) is 4.44.